The van der Waals surface area contributed by atoms with Gasteiger partial charge in [-0.2, -0.15) is 0 Å². The van der Waals surface area contributed by atoms with Crippen LogP contribution in [0.1, 0.15) is 24.3 Å². The lowest BCUT2D eigenvalue weighted by atomic mass is 9.80. The number of aliphatic carboxylic acids is 1. The Morgan fingerprint density at radius 3 is 2.41 bits per heavy atom. The van der Waals surface area contributed by atoms with E-state index in [-0.39, 0.29) is 11.7 Å². The van der Waals surface area contributed by atoms with E-state index in [1.165, 1.54) is 12.1 Å². The topological polar surface area (TPSA) is 49.3 Å². The Bertz CT molecular complexity index is 385. The molecule has 2 N–H and O–H groups in total. The highest BCUT2D eigenvalue weighted by Gasteiger charge is 2.30. The maximum Gasteiger partial charge on any atom is 0.311 e. The number of hydrogen-bond acceptors (Lipinski definition) is 2. The van der Waals surface area contributed by atoms with Crippen LogP contribution >= 0.6 is 0 Å². The van der Waals surface area contributed by atoms with Crippen LogP contribution in [0.2, 0.25) is 0 Å². The zero-order valence-electron chi connectivity index (χ0n) is 9.53. The molecule has 1 aliphatic heterocycles. The molecule has 17 heavy (non-hydrogen) atoms. The average molecular weight is 237 g/mol. The summed E-state index contributed by atoms with van der Waals surface area (Å²) >= 11 is 0. The fraction of sp³-hybridized carbons (Fsp3) is 0.462. The number of hydrogen-bond donors (Lipinski definition) is 2. The summed E-state index contributed by atoms with van der Waals surface area (Å²) in [6.45, 7) is 1.71. The van der Waals surface area contributed by atoms with E-state index in [1.807, 2.05) is 0 Å². The quantitative estimate of drug-likeness (QED) is 0.845. The van der Waals surface area contributed by atoms with Crippen molar-refractivity contribution >= 4 is 5.97 Å². The molecule has 1 atom stereocenters. The molecule has 1 aromatic rings. The third-order valence-corrected chi connectivity index (χ3v) is 3.35. The number of benzene rings is 1. The Kier molecular flexibility index (Phi) is 3.74. The second-order valence-corrected chi connectivity index (χ2v) is 4.45. The van der Waals surface area contributed by atoms with Crippen molar-refractivity contribution in [3.8, 4) is 0 Å². The van der Waals surface area contributed by atoms with E-state index in [4.69, 9.17) is 0 Å². The molecule has 3 nitrogen and oxygen atoms in total. The van der Waals surface area contributed by atoms with Gasteiger partial charge in [0.1, 0.15) is 5.82 Å². The highest BCUT2D eigenvalue weighted by atomic mass is 19.1. The molecule has 0 aliphatic carbocycles. The van der Waals surface area contributed by atoms with Gasteiger partial charge >= 0.3 is 5.97 Å². The molecule has 0 aromatic heterocycles. The van der Waals surface area contributed by atoms with Gasteiger partial charge in [-0.05, 0) is 49.5 Å². The first-order chi connectivity index (χ1) is 8.18. The van der Waals surface area contributed by atoms with Crippen molar-refractivity contribution in [3.63, 3.8) is 0 Å². The van der Waals surface area contributed by atoms with Crippen LogP contribution in [0.4, 0.5) is 4.39 Å². The van der Waals surface area contributed by atoms with Crippen LogP contribution in [0.5, 0.6) is 0 Å². The first kappa shape index (κ1) is 12.0. The Morgan fingerprint density at radius 2 is 1.88 bits per heavy atom. The van der Waals surface area contributed by atoms with Crippen molar-refractivity contribution in [2.24, 2.45) is 5.92 Å². The number of rotatable bonds is 3. The lowest BCUT2D eigenvalue weighted by molar-refractivity contribution is -0.140. The third kappa shape index (κ3) is 2.82. The first-order valence-electron chi connectivity index (χ1n) is 5.87. The molecule has 1 aliphatic rings. The van der Waals surface area contributed by atoms with Gasteiger partial charge in [-0.15, -0.1) is 0 Å². The number of carboxylic acids is 1. The Labute approximate surface area is 99.7 Å². The summed E-state index contributed by atoms with van der Waals surface area (Å²) < 4.78 is 12.8. The summed E-state index contributed by atoms with van der Waals surface area (Å²) in [6, 6.07) is 5.81. The van der Waals surface area contributed by atoms with Crippen LogP contribution in [0.3, 0.4) is 0 Å². The molecule has 0 radical (unpaired) electrons. The number of carbonyl (C=O) groups is 1. The molecule has 1 heterocycles. The minimum absolute atomic E-state index is 0.138. The maximum absolute atomic E-state index is 12.8. The summed E-state index contributed by atoms with van der Waals surface area (Å²) in [5.74, 6) is -1.52. The highest BCUT2D eigenvalue weighted by Crippen LogP contribution is 2.31. The summed E-state index contributed by atoms with van der Waals surface area (Å²) in [7, 11) is 0. The summed E-state index contributed by atoms with van der Waals surface area (Å²) in [6.07, 6.45) is 1.71. The van der Waals surface area contributed by atoms with E-state index in [2.05, 4.69) is 5.32 Å². The molecule has 1 unspecified atom stereocenters. The molecular weight excluding hydrogens is 221 g/mol. The minimum Gasteiger partial charge on any atom is -0.481 e. The van der Waals surface area contributed by atoms with Crippen molar-refractivity contribution in [1.82, 2.24) is 5.32 Å². The molecule has 1 aromatic carbocycles. The van der Waals surface area contributed by atoms with Gasteiger partial charge in [-0.1, -0.05) is 12.1 Å². The van der Waals surface area contributed by atoms with Crippen molar-refractivity contribution in [3.05, 3.63) is 35.6 Å². The largest absolute Gasteiger partial charge is 0.481 e. The van der Waals surface area contributed by atoms with Crippen molar-refractivity contribution in [2.45, 2.75) is 18.8 Å². The number of nitrogens with one attached hydrogen (secondary N) is 1. The molecule has 1 saturated heterocycles. The van der Waals surface area contributed by atoms with Gasteiger partial charge in [0.05, 0.1) is 5.92 Å². The molecule has 4 heteroatoms. The van der Waals surface area contributed by atoms with Crippen LogP contribution < -0.4 is 5.32 Å². The molecule has 0 amide bonds. The Balaban J connectivity index is 2.21. The lowest BCUT2D eigenvalue weighted by Crippen LogP contribution is -2.33. The van der Waals surface area contributed by atoms with Crippen LogP contribution in [-0.2, 0) is 4.79 Å². The van der Waals surface area contributed by atoms with E-state index < -0.39 is 11.9 Å². The van der Waals surface area contributed by atoms with Crippen molar-refractivity contribution in [2.75, 3.05) is 13.1 Å². The fourth-order valence-electron chi connectivity index (χ4n) is 2.46. The number of piperidine rings is 1. The second kappa shape index (κ2) is 5.27. The number of halogens is 1. The Hall–Kier alpha value is -1.42. The van der Waals surface area contributed by atoms with Gasteiger partial charge in [0.2, 0.25) is 0 Å². The SMILES string of the molecule is O=C(O)C(c1ccc(F)cc1)C1CCNCC1. The molecule has 92 valence electrons. The first-order valence-corrected chi connectivity index (χ1v) is 5.87. The molecule has 0 spiro atoms. The van der Waals surface area contributed by atoms with Crippen molar-refractivity contribution in [1.29, 1.82) is 0 Å². The van der Waals surface area contributed by atoms with Gasteiger partial charge in [-0.3, -0.25) is 4.79 Å². The van der Waals surface area contributed by atoms with Gasteiger partial charge in [-0.25, -0.2) is 4.39 Å². The van der Waals surface area contributed by atoms with Crippen molar-refractivity contribution < 1.29 is 14.3 Å². The zero-order chi connectivity index (χ0) is 12.3. The van der Waals surface area contributed by atoms with Gasteiger partial charge in [0, 0.05) is 0 Å². The van der Waals surface area contributed by atoms with Crippen LogP contribution in [-0.4, -0.2) is 24.2 Å². The molecule has 0 bridgehead atoms. The average Bonchev–Trinajstić information content (AvgIpc) is 2.33. The summed E-state index contributed by atoms with van der Waals surface area (Å²) in [4.78, 5) is 11.4. The fourth-order valence-corrected chi connectivity index (χ4v) is 2.46. The predicted octanol–water partition coefficient (Wildman–Crippen LogP) is 1.99. The van der Waals surface area contributed by atoms with Crippen LogP contribution in [0.25, 0.3) is 0 Å². The smallest absolute Gasteiger partial charge is 0.311 e. The van der Waals surface area contributed by atoms with Crippen LogP contribution in [0.15, 0.2) is 24.3 Å². The maximum atomic E-state index is 12.8. The van der Waals surface area contributed by atoms with E-state index in [1.54, 1.807) is 12.1 Å². The van der Waals surface area contributed by atoms with E-state index >= 15 is 0 Å². The van der Waals surface area contributed by atoms with Gasteiger partial charge < -0.3 is 10.4 Å². The molecule has 1 fully saturated rings. The summed E-state index contributed by atoms with van der Waals surface area (Å²) in [5, 5.41) is 12.6. The Morgan fingerprint density at radius 1 is 1.29 bits per heavy atom. The molecular formula is C13H16FNO2. The van der Waals surface area contributed by atoms with E-state index in [0.29, 0.717) is 5.56 Å². The van der Waals surface area contributed by atoms with E-state index in [9.17, 15) is 14.3 Å². The standard InChI is InChI=1S/C13H16FNO2/c14-11-3-1-9(2-4-11)12(13(16)17)10-5-7-15-8-6-10/h1-4,10,12,15H,5-8H2,(H,16,17). The number of carboxylic acid groups (broad SMARTS) is 1. The summed E-state index contributed by atoms with van der Waals surface area (Å²) in [5.41, 5.74) is 0.700. The molecule has 0 saturated carbocycles. The highest BCUT2D eigenvalue weighted by molar-refractivity contribution is 5.76. The second-order valence-electron chi connectivity index (χ2n) is 4.45. The lowest BCUT2D eigenvalue weighted by Gasteiger charge is -2.28. The molecule has 2 rings (SSSR count). The normalized spacial score (nSPS) is 18.9. The monoisotopic (exact) mass is 237 g/mol. The minimum atomic E-state index is -0.816. The van der Waals surface area contributed by atoms with Gasteiger partial charge in [0.25, 0.3) is 0 Å². The van der Waals surface area contributed by atoms with E-state index in [0.717, 1.165) is 25.9 Å². The zero-order valence-corrected chi connectivity index (χ0v) is 9.53. The third-order valence-electron chi connectivity index (χ3n) is 3.35. The predicted molar refractivity (Wildman–Crippen MR) is 62.4 cm³/mol. The van der Waals surface area contributed by atoms with Gasteiger partial charge in [0.15, 0.2) is 0 Å². The van der Waals surface area contributed by atoms with Crippen LogP contribution in [0, 0.1) is 11.7 Å².